The molecule has 0 heterocycles. The van der Waals surface area contributed by atoms with Crippen molar-refractivity contribution in [1.82, 2.24) is 0 Å². The molecular formula is C8H13N3O4. The second-order valence-corrected chi connectivity index (χ2v) is 2.48. The molecule has 0 spiro atoms. The molecular weight excluding hydrogens is 202 g/mol. The Labute approximate surface area is 87.0 Å². The third-order valence-corrected chi connectivity index (χ3v) is 1.42. The second kappa shape index (κ2) is 7.64. The van der Waals surface area contributed by atoms with Crippen molar-refractivity contribution in [2.24, 2.45) is 5.11 Å². The van der Waals surface area contributed by atoms with E-state index in [9.17, 15) is 9.59 Å². The lowest BCUT2D eigenvalue weighted by Gasteiger charge is -2.08. The molecule has 7 nitrogen and oxygen atoms in total. The van der Waals surface area contributed by atoms with E-state index in [1.165, 1.54) is 0 Å². The zero-order valence-electron chi connectivity index (χ0n) is 8.67. The number of rotatable bonds is 6. The zero-order valence-corrected chi connectivity index (χ0v) is 8.67. The summed E-state index contributed by atoms with van der Waals surface area (Å²) in [6.45, 7) is 3.64. The van der Waals surface area contributed by atoms with Crippen molar-refractivity contribution >= 4 is 11.9 Å². The van der Waals surface area contributed by atoms with E-state index in [2.05, 4.69) is 19.5 Å². The molecule has 0 saturated heterocycles. The maximum absolute atomic E-state index is 11.2. The first-order chi connectivity index (χ1) is 7.15. The molecule has 0 radical (unpaired) electrons. The van der Waals surface area contributed by atoms with Gasteiger partial charge < -0.3 is 9.47 Å². The maximum atomic E-state index is 11.2. The van der Waals surface area contributed by atoms with Crippen LogP contribution in [-0.2, 0) is 19.1 Å². The van der Waals surface area contributed by atoms with Crippen molar-refractivity contribution in [1.29, 1.82) is 0 Å². The first-order valence-electron chi connectivity index (χ1n) is 4.52. The number of carbonyl (C=O) groups is 2. The molecule has 0 amide bonds. The third kappa shape index (κ3) is 5.53. The molecule has 0 aromatic carbocycles. The van der Waals surface area contributed by atoms with Gasteiger partial charge in [-0.15, -0.1) is 0 Å². The largest absolute Gasteiger partial charge is 0.466 e. The Kier molecular flexibility index (Phi) is 6.74. The molecule has 0 bridgehead atoms. The van der Waals surface area contributed by atoms with E-state index < -0.39 is 18.0 Å². The summed E-state index contributed by atoms with van der Waals surface area (Å²) in [7, 11) is 0. The molecule has 0 rings (SSSR count). The van der Waals surface area contributed by atoms with Crippen molar-refractivity contribution in [2.75, 3.05) is 13.2 Å². The van der Waals surface area contributed by atoms with Crippen LogP contribution in [0.4, 0.5) is 0 Å². The number of azide groups is 1. The highest BCUT2D eigenvalue weighted by Crippen LogP contribution is 2.03. The van der Waals surface area contributed by atoms with Crippen LogP contribution in [0.2, 0.25) is 0 Å². The minimum Gasteiger partial charge on any atom is -0.466 e. The topological polar surface area (TPSA) is 101 Å². The van der Waals surface area contributed by atoms with Crippen LogP contribution in [0.15, 0.2) is 5.11 Å². The Bertz CT molecular complexity index is 273. The predicted molar refractivity (Wildman–Crippen MR) is 50.8 cm³/mol. The zero-order chi connectivity index (χ0) is 11.7. The molecule has 0 fully saturated rings. The van der Waals surface area contributed by atoms with Crippen LogP contribution in [-0.4, -0.2) is 31.2 Å². The monoisotopic (exact) mass is 215 g/mol. The van der Waals surface area contributed by atoms with Crippen LogP contribution >= 0.6 is 0 Å². The minimum atomic E-state index is -1.14. The Hall–Kier alpha value is -1.75. The van der Waals surface area contributed by atoms with Crippen molar-refractivity contribution in [3.63, 3.8) is 0 Å². The van der Waals surface area contributed by atoms with Crippen LogP contribution in [0.3, 0.4) is 0 Å². The van der Waals surface area contributed by atoms with Crippen LogP contribution < -0.4 is 0 Å². The lowest BCUT2D eigenvalue weighted by Crippen LogP contribution is -2.25. The number of carbonyl (C=O) groups excluding carboxylic acids is 2. The highest BCUT2D eigenvalue weighted by Gasteiger charge is 2.22. The molecule has 0 aliphatic heterocycles. The normalized spacial score (nSPS) is 11.1. The van der Waals surface area contributed by atoms with Gasteiger partial charge in [-0.1, -0.05) is 5.11 Å². The summed E-state index contributed by atoms with van der Waals surface area (Å²) in [6.07, 6.45) is -0.295. The Balaban J connectivity index is 4.33. The molecule has 0 aliphatic carbocycles. The second-order valence-electron chi connectivity index (χ2n) is 2.48. The average molecular weight is 215 g/mol. The lowest BCUT2D eigenvalue weighted by atomic mass is 10.2. The summed E-state index contributed by atoms with van der Waals surface area (Å²) < 4.78 is 9.24. The fraction of sp³-hybridized carbons (Fsp3) is 0.750. The van der Waals surface area contributed by atoms with E-state index in [0.717, 1.165) is 0 Å². The summed E-state index contributed by atoms with van der Waals surface area (Å²) in [5.41, 5.74) is 8.20. The molecule has 84 valence electrons. The highest BCUT2D eigenvalue weighted by atomic mass is 16.5. The first-order valence-corrected chi connectivity index (χ1v) is 4.52. The summed E-state index contributed by atoms with van der Waals surface area (Å²) in [5, 5.41) is 3.17. The van der Waals surface area contributed by atoms with E-state index in [-0.39, 0.29) is 19.6 Å². The molecule has 0 N–H and O–H groups in total. The number of nitrogens with zero attached hydrogens (tertiary/aromatic N) is 3. The van der Waals surface area contributed by atoms with E-state index in [0.29, 0.717) is 0 Å². The van der Waals surface area contributed by atoms with Crippen LogP contribution in [0.25, 0.3) is 10.4 Å². The van der Waals surface area contributed by atoms with Crippen LogP contribution in [0.1, 0.15) is 20.3 Å². The Morgan fingerprint density at radius 3 is 2.40 bits per heavy atom. The molecule has 1 atom stereocenters. The average Bonchev–Trinajstić information content (AvgIpc) is 2.18. The summed E-state index contributed by atoms with van der Waals surface area (Å²) >= 11 is 0. The number of hydrogen-bond donors (Lipinski definition) is 0. The van der Waals surface area contributed by atoms with Gasteiger partial charge in [-0.25, -0.2) is 0 Å². The van der Waals surface area contributed by atoms with Crippen molar-refractivity contribution < 1.29 is 19.1 Å². The first kappa shape index (κ1) is 13.2. The lowest BCUT2D eigenvalue weighted by molar-refractivity contribution is -0.151. The minimum absolute atomic E-state index is 0.166. The number of esters is 2. The van der Waals surface area contributed by atoms with E-state index in [1.54, 1.807) is 13.8 Å². The van der Waals surface area contributed by atoms with Crippen molar-refractivity contribution in [3.8, 4) is 0 Å². The quantitative estimate of drug-likeness (QED) is 0.287. The predicted octanol–water partition coefficient (Wildman–Crippen LogP) is 1.18. The molecule has 0 aliphatic rings. The van der Waals surface area contributed by atoms with Gasteiger partial charge in [-0.2, -0.15) is 0 Å². The van der Waals surface area contributed by atoms with Gasteiger partial charge >= 0.3 is 11.9 Å². The van der Waals surface area contributed by atoms with Crippen molar-refractivity contribution in [3.05, 3.63) is 10.4 Å². The van der Waals surface area contributed by atoms with E-state index >= 15 is 0 Å². The Morgan fingerprint density at radius 2 is 1.93 bits per heavy atom. The van der Waals surface area contributed by atoms with Crippen LogP contribution in [0, 0.1) is 0 Å². The molecule has 7 heteroatoms. The van der Waals surface area contributed by atoms with Crippen molar-refractivity contribution in [2.45, 2.75) is 26.3 Å². The summed E-state index contributed by atoms with van der Waals surface area (Å²) in [4.78, 5) is 24.7. The van der Waals surface area contributed by atoms with Gasteiger partial charge in [0.25, 0.3) is 0 Å². The van der Waals surface area contributed by atoms with Gasteiger partial charge in [0.2, 0.25) is 0 Å². The number of ether oxygens (including phenoxy) is 2. The summed E-state index contributed by atoms with van der Waals surface area (Å²) in [6, 6.07) is -1.14. The van der Waals surface area contributed by atoms with Gasteiger partial charge in [0, 0.05) is 4.91 Å². The van der Waals surface area contributed by atoms with Gasteiger partial charge in [0.05, 0.1) is 19.6 Å². The van der Waals surface area contributed by atoms with E-state index in [1.807, 2.05) is 0 Å². The van der Waals surface area contributed by atoms with Gasteiger partial charge in [-0.3, -0.25) is 9.59 Å². The van der Waals surface area contributed by atoms with E-state index in [4.69, 9.17) is 5.53 Å². The molecule has 15 heavy (non-hydrogen) atoms. The van der Waals surface area contributed by atoms with Gasteiger partial charge in [0.15, 0.2) is 0 Å². The SMILES string of the molecule is CCOC(=O)CC(N=[N+]=[N-])C(=O)OCC. The van der Waals surface area contributed by atoms with Crippen LogP contribution in [0.5, 0.6) is 0 Å². The maximum Gasteiger partial charge on any atom is 0.315 e. The standard InChI is InChI=1S/C8H13N3O4/c1-3-14-7(12)5-6(10-11-9)8(13)15-4-2/h6H,3-5H2,1-2H3. The number of hydrogen-bond acceptors (Lipinski definition) is 5. The van der Waals surface area contributed by atoms with Gasteiger partial charge in [-0.05, 0) is 19.4 Å². The molecule has 0 saturated carbocycles. The fourth-order valence-corrected chi connectivity index (χ4v) is 0.850. The smallest absolute Gasteiger partial charge is 0.315 e. The molecule has 0 aromatic heterocycles. The molecule has 1 unspecified atom stereocenters. The Morgan fingerprint density at radius 1 is 1.33 bits per heavy atom. The third-order valence-electron chi connectivity index (χ3n) is 1.42. The van der Waals surface area contributed by atoms with Gasteiger partial charge in [0.1, 0.15) is 6.04 Å². The summed E-state index contributed by atoms with van der Waals surface area (Å²) in [5.74, 6) is -1.31. The highest BCUT2D eigenvalue weighted by molar-refractivity contribution is 5.82. The fourth-order valence-electron chi connectivity index (χ4n) is 0.850. The molecule has 0 aromatic rings.